The number of rotatable bonds is 5. The van der Waals surface area contributed by atoms with Crippen molar-refractivity contribution >= 4 is 11.3 Å². The fraction of sp³-hybridized carbons (Fsp3) is 0.714. The Morgan fingerprint density at radius 2 is 1.97 bits per heavy atom. The first-order valence-electron chi connectivity index (χ1n) is 10.9. The standard InChI is InChI=1S/C21H30F2N6O3/c1-20(2)31-17-15(9-28-10-21(22,23)7-12(28)8-27(3)4)30-16(18(17)32-20)13-5-6-14-19(24)25-11-26-29(13)14/h5-6,11-12,15-18H,7-10H2,1-4H3,(H2,24,25,26)/t12-,15+,16-,17+,18-/m0/s1. The molecule has 3 aliphatic heterocycles. The van der Waals surface area contributed by atoms with Crippen molar-refractivity contribution in [1.29, 1.82) is 0 Å². The van der Waals surface area contributed by atoms with E-state index in [0.29, 0.717) is 24.4 Å². The third-order valence-electron chi connectivity index (χ3n) is 6.43. The Bertz CT molecular complexity index is 999. The summed E-state index contributed by atoms with van der Waals surface area (Å²) in [6.07, 6.45) is -0.426. The minimum atomic E-state index is -2.71. The number of nitrogens with zero attached hydrogens (tertiary/aromatic N) is 5. The van der Waals surface area contributed by atoms with Gasteiger partial charge in [0.25, 0.3) is 5.92 Å². The first kappa shape index (κ1) is 21.9. The minimum Gasteiger partial charge on any atom is -0.382 e. The molecular formula is C21H30F2N6O3. The van der Waals surface area contributed by atoms with Gasteiger partial charge in [-0.1, -0.05) is 0 Å². The summed E-state index contributed by atoms with van der Waals surface area (Å²) in [7, 11) is 3.79. The quantitative estimate of drug-likeness (QED) is 0.731. The summed E-state index contributed by atoms with van der Waals surface area (Å²) in [6, 6.07) is 3.47. The summed E-state index contributed by atoms with van der Waals surface area (Å²) in [5, 5.41) is 4.32. The summed E-state index contributed by atoms with van der Waals surface area (Å²) in [6.45, 7) is 4.33. The van der Waals surface area contributed by atoms with Crippen LogP contribution < -0.4 is 5.73 Å². The number of anilines is 1. The molecule has 0 aromatic carbocycles. The van der Waals surface area contributed by atoms with E-state index in [1.165, 1.54) is 6.33 Å². The third kappa shape index (κ3) is 3.86. The van der Waals surface area contributed by atoms with Gasteiger partial charge < -0.3 is 24.8 Å². The van der Waals surface area contributed by atoms with Crippen LogP contribution in [-0.4, -0.2) is 94.2 Å². The van der Waals surface area contributed by atoms with E-state index in [-0.39, 0.29) is 31.2 Å². The predicted octanol–water partition coefficient (Wildman–Crippen LogP) is 1.54. The number of fused-ring (bicyclic) bond motifs is 2. The van der Waals surface area contributed by atoms with E-state index >= 15 is 0 Å². The molecule has 9 nitrogen and oxygen atoms in total. The maximum atomic E-state index is 14.3. The van der Waals surface area contributed by atoms with Crippen LogP contribution in [0.25, 0.3) is 5.52 Å². The van der Waals surface area contributed by atoms with Crippen molar-refractivity contribution in [1.82, 2.24) is 24.4 Å². The van der Waals surface area contributed by atoms with Crippen molar-refractivity contribution in [3.63, 3.8) is 0 Å². The number of nitrogen functional groups attached to an aromatic ring is 1. The number of likely N-dealkylation sites (tertiary alicyclic amines) is 1. The second-order valence-corrected chi connectivity index (χ2v) is 9.77. The Labute approximate surface area is 185 Å². The number of aromatic nitrogens is 3. The van der Waals surface area contributed by atoms with Crippen molar-refractivity contribution in [2.75, 3.05) is 39.5 Å². The maximum absolute atomic E-state index is 14.3. The molecule has 32 heavy (non-hydrogen) atoms. The lowest BCUT2D eigenvalue weighted by Crippen LogP contribution is -2.45. The van der Waals surface area contributed by atoms with Crippen LogP contribution in [-0.2, 0) is 14.2 Å². The van der Waals surface area contributed by atoms with Gasteiger partial charge in [-0.25, -0.2) is 18.3 Å². The van der Waals surface area contributed by atoms with Crippen LogP contribution in [0.1, 0.15) is 32.1 Å². The number of likely N-dealkylation sites (N-methyl/N-ethyl adjacent to an activating group) is 1. The summed E-state index contributed by atoms with van der Waals surface area (Å²) < 4.78 is 49.1. The molecule has 3 fully saturated rings. The molecule has 0 radical (unpaired) electrons. The molecule has 0 spiro atoms. The van der Waals surface area contributed by atoms with E-state index in [1.807, 2.05) is 49.9 Å². The second kappa shape index (κ2) is 7.56. The highest BCUT2D eigenvalue weighted by Crippen LogP contribution is 2.46. The summed E-state index contributed by atoms with van der Waals surface area (Å²) in [4.78, 5) is 7.80. The van der Waals surface area contributed by atoms with Gasteiger partial charge in [0.1, 0.15) is 36.3 Å². The Hall–Kier alpha value is -1.92. The molecule has 5 rings (SSSR count). The zero-order valence-corrected chi connectivity index (χ0v) is 18.7. The number of halogens is 2. The molecule has 3 aliphatic rings. The van der Waals surface area contributed by atoms with E-state index in [9.17, 15) is 8.78 Å². The second-order valence-electron chi connectivity index (χ2n) is 9.77. The van der Waals surface area contributed by atoms with E-state index in [4.69, 9.17) is 19.9 Å². The topological polar surface area (TPSA) is 90.4 Å². The number of hydrogen-bond acceptors (Lipinski definition) is 8. The van der Waals surface area contributed by atoms with Crippen LogP contribution in [0.3, 0.4) is 0 Å². The van der Waals surface area contributed by atoms with E-state index in [1.54, 1.807) is 4.52 Å². The first-order chi connectivity index (χ1) is 15.0. The van der Waals surface area contributed by atoms with Crippen molar-refractivity contribution in [2.24, 2.45) is 0 Å². The molecule has 2 aromatic rings. The van der Waals surface area contributed by atoms with Gasteiger partial charge in [0.2, 0.25) is 0 Å². The van der Waals surface area contributed by atoms with Crippen LogP contribution in [0.15, 0.2) is 18.5 Å². The van der Waals surface area contributed by atoms with Crippen LogP contribution in [0, 0.1) is 0 Å². The Morgan fingerprint density at radius 1 is 1.22 bits per heavy atom. The predicted molar refractivity (Wildman–Crippen MR) is 112 cm³/mol. The summed E-state index contributed by atoms with van der Waals surface area (Å²) in [5.41, 5.74) is 7.43. The molecule has 3 saturated heterocycles. The Balaban J connectivity index is 1.43. The highest BCUT2D eigenvalue weighted by Gasteiger charge is 2.57. The number of ether oxygens (including phenoxy) is 3. The molecule has 0 amide bonds. The fourth-order valence-electron chi connectivity index (χ4n) is 5.27. The van der Waals surface area contributed by atoms with Gasteiger partial charge in [0.15, 0.2) is 11.6 Å². The molecule has 5 atom stereocenters. The molecule has 176 valence electrons. The van der Waals surface area contributed by atoms with Crippen LogP contribution >= 0.6 is 0 Å². The Kier molecular flexibility index (Phi) is 5.17. The van der Waals surface area contributed by atoms with Gasteiger partial charge in [-0.05, 0) is 40.1 Å². The normalized spacial score (nSPS) is 34.0. The summed E-state index contributed by atoms with van der Waals surface area (Å²) in [5.74, 6) is -3.14. The van der Waals surface area contributed by atoms with E-state index < -0.39 is 23.9 Å². The lowest BCUT2D eigenvalue weighted by Gasteiger charge is -2.30. The zero-order chi connectivity index (χ0) is 22.8. The monoisotopic (exact) mass is 452 g/mol. The Morgan fingerprint density at radius 3 is 2.72 bits per heavy atom. The number of nitrogens with two attached hydrogens (primary N) is 1. The zero-order valence-electron chi connectivity index (χ0n) is 18.7. The molecule has 2 aromatic heterocycles. The third-order valence-corrected chi connectivity index (χ3v) is 6.43. The first-order valence-corrected chi connectivity index (χ1v) is 10.9. The number of alkyl halides is 2. The average molecular weight is 453 g/mol. The van der Waals surface area contributed by atoms with Crippen molar-refractivity contribution in [3.05, 3.63) is 24.2 Å². The van der Waals surface area contributed by atoms with Crippen LogP contribution in [0.2, 0.25) is 0 Å². The van der Waals surface area contributed by atoms with E-state index in [2.05, 4.69) is 10.1 Å². The number of hydrogen-bond donors (Lipinski definition) is 1. The highest BCUT2D eigenvalue weighted by atomic mass is 19.3. The van der Waals surface area contributed by atoms with Gasteiger partial charge in [-0.2, -0.15) is 5.10 Å². The molecule has 0 unspecified atom stereocenters. The van der Waals surface area contributed by atoms with Gasteiger partial charge in [0.05, 0.1) is 12.2 Å². The largest absolute Gasteiger partial charge is 0.382 e. The minimum absolute atomic E-state index is 0.155. The molecule has 0 bridgehead atoms. The van der Waals surface area contributed by atoms with Crippen molar-refractivity contribution < 1.29 is 23.0 Å². The molecule has 2 N–H and O–H groups in total. The molecule has 11 heteroatoms. The SMILES string of the molecule is CN(C)C[C@@H]1CC(F)(F)CN1C[C@H]1O[C@@H](c2ccc3c(N)ncnn23)[C@@H]2OC(C)(C)O[C@@H]21. The van der Waals surface area contributed by atoms with Crippen LogP contribution in [0.4, 0.5) is 14.6 Å². The van der Waals surface area contributed by atoms with Crippen molar-refractivity contribution in [3.8, 4) is 0 Å². The van der Waals surface area contributed by atoms with Crippen molar-refractivity contribution in [2.45, 2.75) is 62.4 Å². The molecular weight excluding hydrogens is 422 g/mol. The molecule has 0 aliphatic carbocycles. The highest BCUT2D eigenvalue weighted by molar-refractivity contribution is 5.65. The van der Waals surface area contributed by atoms with Gasteiger partial charge in [-0.15, -0.1) is 0 Å². The fourth-order valence-corrected chi connectivity index (χ4v) is 5.27. The molecule has 5 heterocycles. The van der Waals surface area contributed by atoms with Gasteiger partial charge in [0, 0.05) is 25.6 Å². The smallest absolute Gasteiger partial charge is 0.262 e. The maximum Gasteiger partial charge on any atom is 0.262 e. The van der Waals surface area contributed by atoms with Gasteiger partial charge in [-0.3, -0.25) is 4.90 Å². The lowest BCUT2D eigenvalue weighted by molar-refractivity contribution is -0.190. The molecule has 0 saturated carbocycles. The summed E-state index contributed by atoms with van der Waals surface area (Å²) >= 11 is 0. The van der Waals surface area contributed by atoms with Crippen LogP contribution in [0.5, 0.6) is 0 Å². The van der Waals surface area contributed by atoms with Gasteiger partial charge >= 0.3 is 0 Å². The average Bonchev–Trinajstić information content (AvgIpc) is 3.38. The van der Waals surface area contributed by atoms with E-state index in [0.717, 1.165) is 5.69 Å². The lowest BCUT2D eigenvalue weighted by atomic mass is 10.1.